The van der Waals surface area contributed by atoms with Gasteiger partial charge in [0.15, 0.2) is 12.0 Å². The van der Waals surface area contributed by atoms with Crippen molar-refractivity contribution in [2.75, 3.05) is 0 Å². The van der Waals surface area contributed by atoms with E-state index in [1.807, 2.05) is 18.2 Å². The average molecular weight is 173 g/mol. The number of hydrogen-bond acceptors (Lipinski definition) is 3. The van der Waals surface area contributed by atoms with Gasteiger partial charge in [0.2, 0.25) is 0 Å². The summed E-state index contributed by atoms with van der Waals surface area (Å²) in [7, 11) is 0. The largest absolute Gasteiger partial charge is 0.461 e. The molecule has 0 bridgehead atoms. The Morgan fingerprint density at radius 3 is 2.92 bits per heavy atom. The maximum absolute atomic E-state index is 10.5. The molecule has 0 unspecified atom stereocenters. The number of aromatic nitrogens is 1. The first kappa shape index (κ1) is 7.73. The highest BCUT2D eigenvalue weighted by atomic mass is 16.3. The summed E-state index contributed by atoms with van der Waals surface area (Å²) in [6.45, 7) is 0. The smallest absolute Gasteiger partial charge is 0.186 e. The van der Waals surface area contributed by atoms with Gasteiger partial charge in [-0.15, -0.1) is 0 Å². The Kier molecular flexibility index (Phi) is 1.92. The second-order valence-corrected chi connectivity index (χ2v) is 2.53. The molecule has 0 saturated carbocycles. The maximum Gasteiger partial charge on any atom is 0.186 e. The average Bonchev–Trinajstić information content (AvgIpc) is 2.67. The van der Waals surface area contributed by atoms with Crippen LogP contribution in [-0.4, -0.2) is 11.3 Å². The summed E-state index contributed by atoms with van der Waals surface area (Å²) in [6, 6.07) is 7.25. The zero-order valence-corrected chi connectivity index (χ0v) is 6.81. The third-order valence-corrected chi connectivity index (χ3v) is 1.74. The minimum atomic E-state index is 0.318. The lowest BCUT2D eigenvalue weighted by Crippen LogP contribution is -1.83. The zero-order valence-electron chi connectivity index (χ0n) is 6.81. The highest BCUT2D eigenvalue weighted by Crippen LogP contribution is 2.20. The fourth-order valence-corrected chi connectivity index (χ4v) is 1.15. The number of rotatable bonds is 2. The quantitative estimate of drug-likeness (QED) is 0.653. The van der Waals surface area contributed by atoms with Gasteiger partial charge in [-0.05, 0) is 18.2 Å². The van der Waals surface area contributed by atoms with E-state index in [-0.39, 0.29) is 0 Å². The molecule has 0 amide bonds. The lowest BCUT2D eigenvalue weighted by atomic mass is 10.2. The Balaban J connectivity index is 2.52. The number of nitrogens with zero attached hydrogens (tertiary/aromatic N) is 1. The van der Waals surface area contributed by atoms with Gasteiger partial charge >= 0.3 is 0 Å². The first-order valence-corrected chi connectivity index (χ1v) is 3.86. The third kappa shape index (κ3) is 1.36. The van der Waals surface area contributed by atoms with Crippen molar-refractivity contribution in [2.24, 2.45) is 0 Å². The van der Waals surface area contributed by atoms with Gasteiger partial charge in [0.05, 0.1) is 12.0 Å². The molecule has 3 heteroatoms. The van der Waals surface area contributed by atoms with Crippen LogP contribution < -0.4 is 0 Å². The first-order valence-electron chi connectivity index (χ1n) is 3.86. The summed E-state index contributed by atoms with van der Waals surface area (Å²) in [6.07, 6.45) is 3.84. The maximum atomic E-state index is 10.5. The van der Waals surface area contributed by atoms with Crippen LogP contribution in [0.15, 0.2) is 41.1 Å². The number of furan rings is 1. The van der Waals surface area contributed by atoms with Crippen LogP contribution in [0.2, 0.25) is 0 Å². The molecule has 0 fully saturated rings. The van der Waals surface area contributed by atoms with Gasteiger partial charge < -0.3 is 4.42 Å². The summed E-state index contributed by atoms with van der Waals surface area (Å²) >= 11 is 0. The number of carbonyl (C=O) groups excluding carboxylic acids is 1. The van der Waals surface area contributed by atoms with Crippen molar-refractivity contribution in [1.82, 2.24) is 4.98 Å². The lowest BCUT2D eigenvalue weighted by Gasteiger charge is -1.94. The second-order valence-electron chi connectivity index (χ2n) is 2.53. The van der Waals surface area contributed by atoms with Gasteiger partial charge in [-0.25, -0.2) is 0 Å². The van der Waals surface area contributed by atoms with Crippen LogP contribution in [0.1, 0.15) is 10.6 Å². The second kappa shape index (κ2) is 3.23. The molecule has 0 saturated heterocycles. The van der Waals surface area contributed by atoms with E-state index in [9.17, 15) is 4.79 Å². The standard InChI is InChI=1S/C10H7NO2/c12-7-10-8(4-6-13-10)9-3-1-2-5-11-9/h1-7H. The first-order chi connectivity index (χ1) is 6.42. The number of carbonyl (C=O) groups is 1. The highest BCUT2D eigenvalue weighted by molar-refractivity contribution is 5.82. The molecule has 2 heterocycles. The Hall–Kier alpha value is -1.90. The van der Waals surface area contributed by atoms with Crippen molar-refractivity contribution in [2.45, 2.75) is 0 Å². The molecule has 0 aliphatic rings. The SMILES string of the molecule is O=Cc1occc1-c1ccccn1. The molecule has 0 aromatic carbocycles. The van der Waals surface area contributed by atoms with Crippen LogP contribution in [0.25, 0.3) is 11.3 Å². The van der Waals surface area contributed by atoms with E-state index < -0.39 is 0 Å². The Bertz CT molecular complexity index is 406. The van der Waals surface area contributed by atoms with Crippen LogP contribution in [0, 0.1) is 0 Å². The van der Waals surface area contributed by atoms with E-state index in [0.717, 1.165) is 11.3 Å². The molecule has 13 heavy (non-hydrogen) atoms. The van der Waals surface area contributed by atoms with Crippen molar-refractivity contribution < 1.29 is 9.21 Å². The predicted octanol–water partition coefficient (Wildman–Crippen LogP) is 2.15. The number of hydrogen-bond donors (Lipinski definition) is 0. The van der Waals surface area contributed by atoms with Crippen LogP contribution in [0.4, 0.5) is 0 Å². The monoisotopic (exact) mass is 173 g/mol. The summed E-state index contributed by atoms with van der Waals surface area (Å²) in [5.74, 6) is 0.318. The molecule has 0 atom stereocenters. The topological polar surface area (TPSA) is 43.1 Å². The van der Waals surface area contributed by atoms with Gasteiger partial charge in [-0.1, -0.05) is 6.07 Å². The molecule has 0 spiro atoms. The third-order valence-electron chi connectivity index (χ3n) is 1.74. The summed E-state index contributed by atoms with van der Waals surface area (Å²) < 4.78 is 4.96. The molecule has 0 aliphatic heterocycles. The van der Waals surface area contributed by atoms with Crippen LogP contribution in [0.3, 0.4) is 0 Å². The van der Waals surface area contributed by atoms with E-state index in [1.54, 1.807) is 12.3 Å². The van der Waals surface area contributed by atoms with Gasteiger partial charge in [0.1, 0.15) is 0 Å². The van der Waals surface area contributed by atoms with Crippen molar-refractivity contribution >= 4 is 6.29 Å². The molecule has 2 aromatic rings. The van der Waals surface area contributed by atoms with Crippen LogP contribution >= 0.6 is 0 Å². The molecule has 0 N–H and O–H groups in total. The summed E-state index contributed by atoms with van der Waals surface area (Å²) in [5.41, 5.74) is 1.48. The van der Waals surface area contributed by atoms with Crippen molar-refractivity contribution in [1.29, 1.82) is 0 Å². The minimum absolute atomic E-state index is 0.318. The van der Waals surface area contributed by atoms with Gasteiger partial charge in [0.25, 0.3) is 0 Å². The van der Waals surface area contributed by atoms with E-state index >= 15 is 0 Å². The molecule has 2 rings (SSSR count). The fraction of sp³-hybridized carbons (Fsp3) is 0. The lowest BCUT2D eigenvalue weighted by molar-refractivity contribution is 0.110. The van der Waals surface area contributed by atoms with Gasteiger partial charge in [0, 0.05) is 11.8 Å². The molecular formula is C10H7NO2. The Morgan fingerprint density at radius 2 is 2.23 bits per heavy atom. The number of aldehydes is 1. The fourth-order valence-electron chi connectivity index (χ4n) is 1.15. The van der Waals surface area contributed by atoms with Crippen molar-refractivity contribution in [3.05, 3.63) is 42.5 Å². The molecular weight excluding hydrogens is 166 g/mol. The van der Waals surface area contributed by atoms with E-state index in [4.69, 9.17) is 4.42 Å². The summed E-state index contributed by atoms with van der Waals surface area (Å²) in [5, 5.41) is 0. The minimum Gasteiger partial charge on any atom is -0.461 e. The highest BCUT2D eigenvalue weighted by Gasteiger charge is 2.07. The molecule has 64 valence electrons. The normalized spacial score (nSPS) is 9.85. The predicted molar refractivity (Wildman–Crippen MR) is 47.3 cm³/mol. The van der Waals surface area contributed by atoms with Crippen LogP contribution in [0.5, 0.6) is 0 Å². The van der Waals surface area contributed by atoms with Gasteiger partial charge in [-0.2, -0.15) is 0 Å². The van der Waals surface area contributed by atoms with E-state index in [1.165, 1.54) is 6.26 Å². The molecule has 0 radical (unpaired) electrons. The van der Waals surface area contributed by atoms with E-state index in [0.29, 0.717) is 12.0 Å². The zero-order chi connectivity index (χ0) is 9.10. The van der Waals surface area contributed by atoms with Crippen molar-refractivity contribution in [3.63, 3.8) is 0 Å². The van der Waals surface area contributed by atoms with Crippen LogP contribution in [-0.2, 0) is 0 Å². The molecule has 2 aromatic heterocycles. The summed E-state index contributed by atoms with van der Waals surface area (Å²) in [4.78, 5) is 14.7. The van der Waals surface area contributed by atoms with Gasteiger partial charge in [-0.3, -0.25) is 9.78 Å². The molecule has 0 aliphatic carbocycles. The van der Waals surface area contributed by atoms with Crippen molar-refractivity contribution in [3.8, 4) is 11.3 Å². The van der Waals surface area contributed by atoms with E-state index in [2.05, 4.69) is 4.98 Å². The molecule has 3 nitrogen and oxygen atoms in total. The Morgan fingerprint density at radius 1 is 1.31 bits per heavy atom. The Labute approximate surface area is 75.0 Å². The number of pyridine rings is 1.